The predicted octanol–water partition coefficient (Wildman–Crippen LogP) is 7.59. The molecule has 0 aliphatic heterocycles. The van der Waals surface area contributed by atoms with E-state index in [-0.39, 0.29) is 0 Å². The van der Waals surface area contributed by atoms with Crippen molar-refractivity contribution in [1.82, 2.24) is 0 Å². The van der Waals surface area contributed by atoms with Crippen molar-refractivity contribution in [2.45, 2.75) is 58.5 Å². The Hall–Kier alpha value is -2.48. The standard InChI is InChI=1S/C15HF23O3S/c16-2-1(6(42(39,40)41)5(19)4(18)3(2)17)7(20,21)8(22,23)9(24,25)10(26,27)11(28,29)12(30,31)13(32,33)14(34,35)15(36,37)38/h(H,39,40,41). The van der Waals surface area contributed by atoms with Crippen LogP contribution in [0, 0.1) is 23.3 Å². The van der Waals surface area contributed by atoms with Crippen molar-refractivity contribution >= 4 is 10.1 Å². The van der Waals surface area contributed by atoms with E-state index in [0.29, 0.717) is 0 Å². The average molecular weight is 698 g/mol. The average Bonchev–Trinajstić information content (AvgIpc) is 2.76. The minimum atomic E-state index is -9.42. The van der Waals surface area contributed by atoms with Crippen LogP contribution in [0.5, 0.6) is 0 Å². The van der Waals surface area contributed by atoms with Crippen molar-refractivity contribution < 1.29 is 114 Å². The summed E-state index contributed by atoms with van der Waals surface area (Å²) in [4.78, 5) is -4.06. The lowest BCUT2D eigenvalue weighted by molar-refractivity contribution is -0.469. The molecule has 27 heteroatoms. The quantitative estimate of drug-likeness (QED) is 0.125. The van der Waals surface area contributed by atoms with Crippen LogP contribution in [0.3, 0.4) is 0 Å². The molecule has 0 heterocycles. The van der Waals surface area contributed by atoms with Crippen molar-refractivity contribution in [2.24, 2.45) is 0 Å². The van der Waals surface area contributed by atoms with Crippen LogP contribution in [0.25, 0.3) is 0 Å². The van der Waals surface area contributed by atoms with Crippen LogP contribution in [0.15, 0.2) is 4.90 Å². The van der Waals surface area contributed by atoms with Crippen LogP contribution < -0.4 is 0 Å². The van der Waals surface area contributed by atoms with Crippen molar-refractivity contribution in [2.75, 3.05) is 0 Å². The van der Waals surface area contributed by atoms with Gasteiger partial charge in [0.25, 0.3) is 10.1 Å². The van der Waals surface area contributed by atoms with Gasteiger partial charge in [-0.05, 0) is 0 Å². The van der Waals surface area contributed by atoms with Gasteiger partial charge in [-0.25, -0.2) is 17.6 Å². The van der Waals surface area contributed by atoms with Gasteiger partial charge in [0.2, 0.25) is 0 Å². The molecule has 0 unspecified atom stereocenters. The van der Waals surface area contributed by atoms with Gasteiger partial charge in [0.15, 0.2) is 23.3 Å². The second kappa shape index (κ2) is 9.51. The molecule has 246 valence electrons. The molecule has 1 N–H and O–H groups in total. The second-order valence-electron chi connectivity index (χ2n) is 7.53. The van der Waals surface area contributed by atoms with Gasteiger partial charge in [-0.15, -0.1) is 0 Å². The van der Waals surface area contributed by atoms with Gasteiger partial charge in [-0.3, -0.25) is 4.55 Å². The predicted molar refractivity (Wildman–Crippen MR) is 80.7 cm³/mol. The maximum absolute atomic E-state index is 14.3. The Morgan fingerprint density at radius 3 is 0.952 bits per heavy atom. The highest BCUT2D eigenvalue weighted by Gasteiger charge is 2.97. The smallest absolute Gasteiger partial charge is 0.282 e. The fourth-order valence-electron chi connectivity index (χ4n) is 2.65. The Labute approximate surface area is 212 Å². The fourth-order valence-corrected chi connectivity index (χ4v) is 3.44. The normalized spacial score (nSPS) is 15.8. The first-order valence-corrected chi connectivity index (χ1v) is 10.3. The molecular weight excluding hydrogens is 697 g/mol. The molecule has 3 nitrogen and oxygen atoms in total. The zero-order chi connectivity index (χ0) is 34.5. The van der Waals surface area contributed by atoms with E-state index in [9.17, 15) is 109 Å². The molecule has 42 heavy (non-hydrogen) atoms. The molecule has 0 aliphatic rings. The van der Waals surface area contributed by atoms with Gasteiger partial charge in [0.1, 0.15) is 4.90 Å². The minimum absolute atomic E-state index is 3.67. The first-order chi connectivity index (χ1) is 17.9. The molecule has 0 spiro atoms. The van der Waals surface area contributed by atoms with Crippen molar-refractivity contribution in [3.63, 3.8) is 0 Å². The Balaban J connectivity index is 4.16. The molecule has 1 aromatic carbocycles. The summed E-state index contributed by atoms with van der Waals surface area (Å²) in [6.45, 7) is 0. The molecule has 0 radical (unpaired) electrons. The van der Waals surface area contributed by atoms with Crippen LogP contribution in [0.1, 0.15) is 5.56 Å². The molecule has 0 aliphatic carbocycles. The van der Waals surface area contributed by atoms with Crippen LogP contribution >= 0.6 is 0 Å². The lowest BCUT2D eigenvalue weighted by Gasteiger charge is -2.43. The third-order valence-electron chi connectivity index (χ3n) is 4.91. The summed E-state index contributed by atoms with van der Waals surface area (Å²) in [5, 5.41) is 0. The molecule has 0 bridgehead atoms. The van der Waals surface area contributed by atoms with Crippen LogP contribution in [0.4, 0.5) is 101 Å². The van der Waals surface area contributed by atoms with E-state index in [4.69, 9.17) is 4.55 Å². The molecule has 0 amide bonds. The highest BCUT2D eigenvalue weighted by Crippen LogP contribution is 2.66. The highest BCUT2D eigenvalue weighted by atomic mass is 32.2. The summed E-state index contributed by atoms with van der Waals surface area (Å²) >= 11 is 0. The summed E-state index contributed by atoms with van der Waals surface area (Å²) in [7, 11) is -7.28. The summed E-state index contributed by atoms with van der Waals surface area (Å²) in [6.07, 6.45) is -8.13. The molecule has 0 atom stereocenters. The number of rotatable bonds is 9. The lowest BCUT2D eigenvalue weighted by Crippen LogP contribution is -2.75. The molecule has 1 aromatic rings. The maximum atomic E-state index is 14.3. The second-order valence-corrected chi connectivity index (χ2v) is 8.89. The fraction of sp³-hybridized carbons (Fsp3) is 0.600. The Kier molecular flexibility index (Phi) is 8.50. The molecular formula is C15HF23O3S. The number of halogens is 23. The van der Waals surface area contributed by atoms with Gasteiger partial charge in [0, 0.05) is 0 Å². The van der Waals surface area contributed by atoms with Gasteiger partial charge in [-0.1, -0.05) is 0 Å². The number of hydrogen-bond donors (Lipinski definition) is 1. The van der Waals surface area contributed by atoms with Crippen molar-refractivity contribution in [3.05, 3.63) is 28.8 Å². The third-order valence-corrected chi connectivity index (χ3v) is 5.81. The van der Waals surface area contributed by atoms with Crippen molar-refractivity contribution in [3.8, 4) is 0 Å². The van der Waals surface area contributed by atoms with Gasteiger partial charge >= 0.3 is 53.6 Å². The van der Waals surface area contributed by atoms with E-state index >= 15 is 0 Å². The first-order valence-electron chi connectivity index (χ1n) is 8.82. The van der Waals surface area contributed by atoms with Crippen molar-refractivity contribution in [1.29, 1.82) is 0 Å². The monoisotopic (exact) mass is 698 g/mol. The topological polar surface area (TPSA) is 54.4 Å². The Morgan fingerprint density at radius 1 is 0.405 bits per heavy atom. The minimum Gasteiger partial charge on any atom is -0.282 e. The number of hydrogen-bond acceptors (Lipinski definition) is 2. The number of benzene rings is 1. The lowest BCUT2D eigenvalue weighted by atomic mass is 9.86. The van der Waals surface area contributed by atoms with Gasteiger partial charge < -0.3 is 0 Å². The highest BCUT2D eigenvalue weighted by molar-refractivity contribution is 7.85. The largest absolute Gasteiger partial charge is 0.460 e. The van der Waals surface area contributed by atoms with Gasteiger partial charge in [0.05, 0.1) is 5.56 Å². The van der Waals surface area contributed by atoms with Gasteiger partial charge in [-0.2, -0.15) is 91.8 Å². The summed E-state index contributed by atoms with van der Waals surface area (Å²) < 4.78 is 338. The maximum Gasteiger partial charge on any atom is 0.460 e. The van der Waals surface area contributed by atoms with E-state index in [1.54, 1.807) is 0 Å². The van der Waals surface area contributed by atoms with E-state index in [0.717, 1.165) is 0 Å². The van der Waals surface area contributed by atoms with E-state index in [1.807, 2.05) is 0 Å². The molecule has 0 saturated heterocycles. The first kappa shape index (κ1) is 37.5. The molecule has 0 aromatic heterocycles. The summed E-state index contributed by atoms with van der Waals surface area (Å²) in [6, 6.07) is 0. The van der Waals surface area contributed by atoms with E-state index in [2.05, 4.69) is 0 Å². The Morgan fingerprint density at radius 2 is 0.667 bits per heavy atom. The van der Waals surface area contributed by atoms with Crippen LogP contribution in [-0.2, 0) is 16.0 Å². The summed E-state index contributed by atoms with van der Waals surface area (Å²) in [5.41, 5.74) is -4.66. The third kappa shape index (κ3) is 4.49. The zero-order valence-corrected chi connectivity index (χ0v) is 18.7. The molecule has 1 rings (SSSR count). The molecule has 0 saturated carbocycles. The van der Waals surface area contributed by atoms with E-state index < -0.39 is 97.4 Å². The SMILES string of the molecule is O=S(=O)(O)c1c(F)c(F)c(F)c(F)c1C(F)(F)C(F)(F)C(F)(F)C(F)(F)C(F)(F)C(F)(F)C(F)(F)C(F)(F)C(F)(F)F. The molecule has 0 fully saturated rings. The van der Waals surface area contributed by atoms with E-state index in [1.165, 1.54) is 0 Å². The Bertz CT molecular complexity index is 1340. The summed E-state index contributed by atoms with van der Waals surface area (Å²) in [5.74, 6) is -88.2. The zero-order valence-electron chi connectivity index (χ0n) is 17.9. The van der Waals surface area contributed by atoms with Crippen LogP contribution in [0.2, 0.25) is 0 Å². The van der Waals surface area contributed by atoms with Crippen LogP contribution in [-0.4, -0.2) is 60.6 Å². The number of alkyl halides is 19.